The first-order valence-corrected chi connectivity index (χ1v) is 11.7. The van der Waals surface area contributed by atoms with Crippen LogP contribution in [0.4, 0.5) is 28.8 Å². The summed E-state index contributed by atoms with van der Waals surface area (Å²) in [4.78, 5) is 13.7. The van der Waals surface area contributed by atoms with Gasteiger partial charge in [-0.2, -0.15) is 4.98 Å². The molecule has 0 amide bonds. The van der Waals surface area contributed by atoms with Crippen LogP contribution in [0.5, 0.6) is 0 Å². The van der Waals surface area contributed by atoms with Gasteiger partial charge in [-0.1, -0.05) is 18.2 Å². The van der Waals surface area contributed by atoms with E-state index in [0.717, 1.165) is 42.3 Å². The second kappa shape index (κ2) is 7.51. The van der Waals surface area contributed by atoms with Gasteiger partial charge in [-0.3, -0.25) is 0 Å². The van der Waals surface area contributed by atoms with Gasteiger partial charge in [-0.25, -0.2) is 18.1 Å². The van der Waals surface area contributed by atoms with Crippen molar-refractivity contribution in [2.75, 3.05) is 29.2 Å². The number of para-hydroxylation sites is 1. The van der Waals surface area contributed by atoms with Crippen molar-refractivity contribution in [3.05, 3.63) is 60.3 Å². The van der Waals surface area contributed by atoms with E-state index in [-0.39, 0.29) is 10.9 Å². The van der Waals surface area contributed by atoms with Crippen molar-refractivity contribution in [1.29, 1.82) is 0 Å². The highest BCUT2D eigenvalue weighted by atomic mass is 32.2. The van der Waals surface area contributed by atoms with Crippen LogP contribution >= 0.6 is 0 Å². The summed E-state index contributed by atoms with van der Waals surface area (Å²) in [6, 6.07) is 15.0. The van der Waals surface area contributed by atoms with Gasteiger partial charge in [-0.05, 0) is 48.7 Å². The number of rotatable bonds is 5. The van der Waals surface area contributed by atoms with Crippen LogP contribution in [0.3, 0.4) is 0 Å². The van der Waals surface area contributed by atoms with Gasteiger partial charge in [0.05, 0.1) is 16.8 Å². The lowest BCUT2D eigenvalue weighted by Crippen LogP contribution is -2.25. The largest absolute Gasteiger partial charge is 0.366 e. The molecule has 0 saturated heterocycles. The molecule has 1 saturated carbocycles. The summed E-state index contributed by atoms with van der Waals surface area (Å²) in [6.07, 6.45) is 3.62. The molecule has 2 aromatic carbocycles. The fraction of sp³-hybridized carbons (Fsp3) is 0.273. The zero-order chi connectivity index (χ0) is 21.6. The molecule has 1 aliphatic heterocycles. The third-order valence-electron chi connectivity index (χ3n) is 5.56. The molecule has 0 radical (unpaired) electrons. The highest BCUT2D eigenvalue weighted by Crippen LogP contribution is 2.37. The number of hydrogen-bond acceptors (Lipinski definition) is 7. The van der Waals surface area contributed by atoms with Crippen molar-refractivity contribution < 1.29 is 8.42 Å². The first-order chi connectivity index (χ1) is 14.9. The zero-order valence-corrected chi connectivity index (χ0v) is 18.2. The molecule has 160 valence electrons. The lowest BCUT2D eigenvalue weighted by atomic mass is 10.1. The van der Waals surface area contributed by atoms with Gasteiger partial charge in [0, 0.05) is 38.1 Å². The first kappa shape index (κ1) is 19.8. The second-order valence-corrected chi connectivity index (χ2v) is 9.71. The highest BCUT2D eigenvalue weighted by molar-refractivity contribution is 7.89. The van der Waals surface area contributed by atoms with Crippen molar-refractivity contribution >= 4 is 38.9 Å². The standard InChI is InChI=1S/C22H24N6O2S/c1-27-14-15-5-3-4-6-19(15)28(2)21-20(27)13-23-22(25-21)24-16-9-11-18(12-10-16)31(29,30)26-17-7-8-17/h3-6,9-13,17,26H,7-8,14H2,1-2H3,(H,23,24,25). The van der Waals surface area contributed by atoms with Crippen molar-refractivity contribution in [1.82, 2.24) is 14.7 Å². The average Bonchev–Trinajstić information content (AvgIpc) is 3.57. The Hall–Kier alpha value is -3.17. The molecule has 3 aromatic rings. The smallest absolute Gasteiger partial charge is 0.240 e. The molecule has 2 heterocycles. The van der Waals surface area contributed by atoms with Gasteiger partial charge in [0.25, 0.3) is 0 Å². The van der Waals surface area contributed by atoms with E-state index in [1.54, 1.807) is 24.3 Å². The van der Waals surface area contributed by atoms with Crippen molar-refractivity contribution in [2.45, 2.75) is 30.3 Å². The van der Waals surface area contributed by atoms with Gasteiger partial charge in [0.2, 0.25) is 16.0 Å². The summed E-state index contributed by atoms with van der Waals surface area (Å²) in [6.45, 7) is 0.772. The highest BCUT2D eigenvalue weighted by Gasteiger charge is 2.28. The topological polar surface area (TPSA) is 90.5 Å². The van der Waals surface area contributed by atoms with Crippen LogP contribution < -0.4 is 19.8 Å². The number of fused-ring (bicyclic) bond motifs is 2. The molecule has 0 bridgehead atoms. The second-order valence-electron chi connectivity index (χ2n) is 7.99. The molecular formula is C22H24N6O2S. The quantitative estimate of drug-likeness (QED) is 0.634. The number of nitrogens with zero attached hydrogens (tertiary/aromatic N) is 4. The normalized spacial score (nSPS) is 15.8. The molecule has 9 heteroatoms. The Labute approximate surface area is 182 Å². The monoisotopic (exact) mass is 436 g/mol. The Morgan fingerprint density at radius 2 is 1.74 bits per heavy atom. The van der Waals surface area contributed by atoms with Crippen LogP contribution in [-0.2, 0) is 16.6 Å². The molecule has 0 unspecified atom stereocenters. The maximum Gasteiger partial charge on any atom is 0.240 e. The Balaban J connectivity index is 1.40. The van der Waals surface area contributed by atoms with E-state index in [1.165, 1.54) is 5.56 Å². The number of nitrogens with one attached hydrogen (secondary N) is 2. The van der Waals surface area contributed by atoms with Crippen LogP contribution in [0.15, 0.2) is 59.6 Å². The number of sulfonamides is 1. The molecule has 0 atom stereocenters. The first-order valence-electron chi connectivity index (χ1n) is 10.2. The Morgan fingerprint density at radius 1 is 1.00 bits per heavy atom. The molecule has 8 nitrogen and oxygen atoms in total. The van der Waals surface area contributed by atoms with Gasteiger partial charge in [0.15, 0.2) is 5.82 Å². The zero-order valence-electron chi connectivity index (χ0n) is 17.4. The molecule has 2 N–H and O–H groups in total. The minimum absolute atomic E-state index is 0.0797. The third-order valence-corrected chi connectivity index (χ3v) is 7.10. The number of benzene rings is 2. The van der Waals surface area contributed by atoms with Gasteiger partial charge < -0.3 is 15.1 Å². The predicted octanol–water partition coefficient (Wildman–Crippen LogP) is 3.38. The molecule has 31 heavy (non-hydrogen) atoms. The van der Waals surface area contributed by atoms with E-state index in [4.69, 9.17) is 4.98 Å². The Kier molecular flexibility index (Phi) is 4.79. The molecule has 1 fully saturated rings. The van der Waals surface area contributed by atoms with Crippen LogP contribution in [0.25, 0.3) is 0 Å². The molecule has 2 aliphatic rings. The summed E-state index contributed by atoms with van der Waals surface area (Å²) < 4.78 is 27.4. The average molecular weight is 437 g/mol. The SMILES string of the molecule is CN1Cc2ccccc2N(C)c2nc(Nc3ccc(S(=O)(=O)NC4CC4)cc3)ncc21. The molecule has 1 aliphatic carbocycles. The minimum atomic E-state index is -3.47. The van der Waals surface area contributed by atoms with Crippen LogP contribution in [-0.4, -0.2) is 38.5 Å². The number of hydrogen-bond donors (Lipinski definition) is 2. The summed E-state index contributed by atoms with van der Waals surface area (Å²) >= 11 is 0. The Bertz CT molecular complexity index is 1230. The van der Waals surface area contributed by atoms with E-state index in [1.807, 2.05) is 32.4 Å². The third kappa shape index (κ3) is 3.94. The minimum Gasteiger partial charge on any atom is -0.366 e. The lowest BCUT2D eigenvalue weighted by molar-refractivity contribution is 0.581. The van der Waals surface area contributed by atoms with Gasteiger partial charge in [0.1, 0.15) is 0 Å². The summed E-state index contributed by atoms with van der Waals surface area (Å²) in [7, 11) is 0.562. The maximum atomic E-state index is 12.3. The molecule has 1 aromatic heterocycles. The molecule has 5 rings (SSSR count). The van der Waals surface area contributed by atoms with E-state index in [9.17, 15) is 8.42 Å². The fourth-order valence-electron chi connectivity index (χ4n) is 3.70. The van der Waals surface area contributed by atoms with Crippen LogP contribution in [0.2, 0.25) is 0 Å². The maximum absolute atomic E-state index is 12.3. The lowest BCUT2D eigenvalue weighted by Gasteiger charge is -2.22. The molecule has 0 spiro atoms. The van der Waals surface area contributed by atoms with Crippen molar-refractivity contribution in [3.63, 3.8) is 0 Å². The van der Waals surface area contributed by atoms with Gasteiger partial charge in [-0.15, -0.1) is 0 Å². The van der Waals surface area contributed by atoms with Crippen LogP contribution in [0.1, 0.15) is 18.4 Å². The Morgan fingerprint density at radius 3 is 2.48 bits per heavy atom. The number of anilines is 5. The number of aromatic nitrogens is 2. The molecular weight excluding hydrogens is 412 g/mol. The fourth-order valence-corrected chi connectivity index (χ4v) is 5.01. The summed E-state index contributed by atoms with van der Waals surface area (Å²) in [5, 5.41) is 3.18. The van der Waals surface area contributed by atoms with Crippen molar-refractivity contribution in [3.8, 4) is 0 Å². The van der Waals surface area contributed by atoms with Crippen molar-refractivity contribution in [2.24, 2.45) is 0 Å². The summed E-state index contributed by atoms with van der Waals surface area (Å²) in [5.41, 5.74) is 3.99. The van der Waals surface area contributed by atoms with E-state index < -0.39 is 10.0 Å². The van der Waals surface area contributed by atoms with E-state index in [0.29, 0.717) is 5.95 Å². The van der Waals surface area contributed by atoms with Gasteiger partial charge >= 0.3 is 0 Å². The van der Waals surface area contributed by atoms with E-state index in [2.05, 4.69) is 37.0 Å². The van der Waals surface area contributed by atoms with E-state index >= 15 is 0 Å². The summed E-state index contributed by atoms with van der Waals surface area (Å²) in [5.74, 6) is 1.25. The predicted molar refractivity (Wildman–Crippen MR) is 122 cm³/mol. The van der Waals surface area contributed by atoms with Crippen LogP contribution in [0, 0.1) is 0 Å².